The van der Waals surface area contributed by atoms with E-state index in [4.69, 9.17) is 4.42 Å². The highest BCUT2D eigenvalue weighted by Gasteiger charge is 2.15. The van der Waals surface area contributed by atoms with Crippen molar-refractivity contribution >= 4 is 0 Å². The van der Waals surface area contributed by atoms with E-state index in [1.165, 1.54) is 5.56 Å². The lowest BCUT2D eigenvalue weighted by Crippen LogP contribution is -2.33. The average Bonchev–Trinajstić information content (AvgIpc) is 2.75. The van der Waals surface area contributed by atoms with E-state index in [2.05, 4.69) is 57.9 Å². The second-order valence-electron chi connectivity index (χ2n) is 6.29. The van der Waals surface area contributed by atoms with Crippen LogP contribution in [0.4, 0.5) is 0 Å². The molecule has 3 heteroatoms. The zero-order chi connectivity index (χ0) is 14.4. The molecule has 0 bridgehead atoms. The normalized spacial score (nSPS) is 13.7. The Balaban J connectivity index is 2.52. The molecule has 0 aliphatic carbocycles. The molecule has 0 amide bonds. The van der Waals surface area contributed by atoms with Crippen molar-refractivity contribution in [3.8, 4) is 0 Å². The smallest absolute Gasteiger partial charge is 0.122 e. The molecule has 0 saturated carbocycles. The highest BCUT2D eigenvalue weighted by atomic mass is 16.3. The van der Waals surface area contributed by atoms with E-state index in [0.29, 0.717) is 17.9 Å². The van der Waals surface area contributed by atoms with Crippen molar-refractivity contribution < 1.29 is 4.42 Å². The standard InChI is InChI=1S/C16H30N2O/c1-12(2)9-17-10-16-15(7-8-19-16)11-18(6)14(5)13(3)4/h7-8,12-14,17H,9-11H2,1-6H3. The average molecular weight is 266 g/mol. The minimum Gasteiger partial charge on any atom is -0.468 e. The van der Waals surface area contributed by atoms with E-state index < -0.39 is 0 Å². The fraction of sp³-hybridized carbons (Fsp3) is 0.750. The summed E-state index contributed by atoms with van der Waals surface area (Å²) >= 11 is 0. The van der Waals surface area contributed by atoms with Crippen molar-refractivity contribution in [2.75, 3.05) is 13.6 Å². The lowest BCUT2D eigenvalue weighted by atomic mass is 10.0. The Morgan fingerprint density at radius 3 is 2.47 bits per heavy atom. The molecule has 1 unspecified atom stereocenters. The van der Waals surface area contributed by atoms with Crippen LogP contribution in [0.5, 0.6) is 0 Å². The molecule has 1 rings (SSSR count). The van der Waals surface area contributed by atoms with Gasteiger partial charge in [0.25, 0.3) is 0 Å². The predicted molar refractivity (Wildman–Crippen MR) is 81.0 cm³/mol. The Labute approximate surface area is 118 Å². The molecule has 0 aliphatic rings. The van der Waals surface area contributed by atoms with Crippen LogP contribution in [-0.4, -0.2) is 24.5 Å². The van der Waals surface area contributed by atoms with Gasteiger partial charge in [0, 0.05) is 18.2 Å². The van der Waals surface area contributed by atoms with Crippen LogP contribution in [-0.2, 0) is 13.1 Å². The van der Waals surface area contributed by atoms with Gasteiger partial charge in [0.05, 0.1) is 12.8 Å². The highest BCUT2D eigenvalue weighted by Crippen LogP contribution is 2.16. The summed E-state index contributed by atoms with van der Waals surface area (Å²) in [6.07, 6.45) is 1.80. The third-order valence-electron chi connectivity index (χ3n) is 3.76. The molecular weight excluding hydrogens is 236 g/mol. The molecule has 3 nitrogen and oxygen atoms in total. The van der Waals surface area contributed by atoms with Gasteiger partial charge in [0.2, 0.25) is 0 Å². The summed E-state index contributed by atoms with van der Waals surface area (Å²) in [5, 5.41) is 3.44. The van der Waals surface area contributed by atoms with Crippen molar-refractivity contribution in [2.24, 2.45) is 11.8 Å². The van der Waals surface area contributed by atoms with Gasteiger partial charge in [-0.3, -0.25) is 4.90 Å². The monoisotopic (exact) mass is 266 g/mol. The van der Waals surface area contributed by atoms with Crippen LogP contribution < -0.4 is 5.32 Å². The number of hydrogen-bond acceptors (Lipinski definition) is 3. The van der Waals surface area contributed by atoms with Gasteiger partial charge in [-0.15, -0.1) is 0 Å². The van der Waals surface area contributed by atoms with Crippen LogP contribution in [0.2, 0.25) is 0 Å². The highest BCUT2D eigenvalue weighted by molar-refractivity contribution is 5.17. The molecule has 19 heavy (non-hydrogen) atoms. The van der Waals surface area contributed by atoms with Crippen LogP contribution in [0.15, 0.2) is 16.7 Å². The largest absolute Gasteiger partial charge is 0.468 e. The molecule has 1 N–H and O–H groups in total. The maximum Gasteiger partial charge on any atom is 0.122 e. The Kier molecular flexibility index (Phi) is 6.59. The third-order valence-corrected chi connectivity index (χ3v) is 3.76. The summed E-state index contributed by atoms with van der Waals surface area (Å²) in [5.41, 5.74) is 1.30. The summed E-state index contributed by atoms with van der Waals surface area (Å²) in [6, 6.07) is 2.67. The van der Waals surface area contributed by atoms with Crippen LogP contribution in [0.25, 0.3) is 0 Å². The first-order valence-corrected chi connectivity index (χ1v) is 7.38. The predicted octanol–water partition coefficient (Wildman–Crippen LogP) is 3.50. The first kappa shape index (κ1) is 16.3. The maximum absolute atomic E-state index is 5.60. The molecule has 1 aromatic heterocycles. The molecule has 0 aromatic carbocycles. The molecule has 1 atom stereocenters. The number of rotatable bonds is 8. The van der Waals surface area contributed by atoms with Gasteiger partial charge >= 0.3 is 0 Å². The summed E-state index contributed by atoms with van der Waals surface area (Å²) in [6.45, 7) is 14.0. The van der Waals surface area contributed by atoms with Crippen LogP contribution in [0.3, 0.4) is 0 Å². The number of hydrogen-bond donors (Lipinski definition) is 1. The number of nitrogens with zero attached hydrogens (tertiary/aromatic N) is 1. The zero-order valence-corrected chi connectivity index (χ0v) is 13.4. The van der Waals surface area contributed by atoms with Gasteiger partial charge in [-0.2, -0.15) is 0 Å². The van der Waals surface area contributed by atoms with E-state index >= 15 is 0 Å². The van der Waals surface area contributed by atoms with Gasteiger partial charge in [0.15, 0.2) is 0 Å². The first-order valence-electron chi connectivity index (χ1n) is 7.38. The van der Waals surface area contributed by atoms with E-state index in [0.717, 1.165) is 25.4 Å². The molecule has 0 aliphatic heterocycles. The molecule has 110 valence electrons. The van der Waals surface area contributed by atoms with Crippen molar-refractivity contribution in [2.45, 2.75) is 53.8 Å². The molecule has 0 saturated heterocycles. The molecule has 1 heterocycles. The van der Waals surface area contributed by atoms with Crippen LogP contribution in [0, 0.1) is 11.8 Å². The first-order chi connectivity index (χ1) is 8.91. The van der Waals surface area contributed by atoms with Gasteiger partial charge in [-0.25, -0.2) is 0 Å². The Hall–Kier alpha value is -0.800. The maximum atomic E-state index is 5.60. The zero-order valence-electron chi connectivity index (χ0n) is 13.4. The van der Waals surface area contributed by atoms with Gasteiger partial charge in [-0.1, -0.05) is 27.7 Å². The van der Waals surface area contributed by atoms with Crippen molar-refractivity contribution in [1.29, 1.82) is 0 Å². The molecule has 1 aromatic rings. The summed E-state index contributed by atoms with van der Waals surface area (Å²) in [7, 11) is 2.18. The SMILES string of the molecule is CC(C)CNCc1occc1CN(C)C(C)C(C)C. The Morgan fingerprint density at radius 2 is 1.89 bits per heavy atom. The summed E-state index contributed by atoms with van der Waals surface area (Å²) in [4.78, 5) is 2.39. The number of nitrogens with one attached hydrogen (secondary N) is 1. The van der Waals surface area contributed by atoms with Crippen molar-refractivity contribution in [3.05, 3.63) is 23.7 Å². The van der Waals surface area contributed by atoms with E-state index in [-0.39, 0.29) is 0 Å². The minimum atomic E-state index is 0.575. The minimum absolute atomic E-state index is 0.575. The molecular formula is C16H30N2O. The van der Waals surface area contributed by atoms with Crippen LogP contribution >= 0.6 is 0 Å². The van der Waals surface area contributed by atoms with Gasteiger partial charge in [-0.05, 0) is 38.4 Å². The van der Waals surface area contributed by atoms with E-state index in [1.54, 1.807) is 6.26 Å². The second kappa shape index (κ2) is 7.71. The number of furan rings is 1. The Bertz CT molecular complexity index is 357. The summed E-state index contributed by atoms with van der Waals surface area (Å²) < 4.78 is 5.60. The molecule has 0 radical (unpaired) electrons. The topological polar surface area (TPSA) is 28.4 Å². The van der Waals surface area contributed by atoms with Gasteiger partial charge < -0.3 is 9.73 Å². The quantitative estimate of drug-likeness (QED) is 0.780. The lowest BCUT2D eigenvalue weighted by molar-refractivity contribution is 0.199. The van der Waals surface area contributed by atoms with E-state index in [1.807, 2.05) is 0 Å². The third kappa shape index (κ3) is 5.37. The van der Waals surface area contributed by atoms with Gasteiger partial charge in [0.1, 0.15) is 5.76 Å². The molecule has 0 spiro atoms. The Morgan fingerprint density at radius 1 is 1.21 bits per heavy atom. The van der Waals surface area contributed by atoms with Crippen LogP contribution in [0.1, 0.15) is 45.9 Å². The fourth-order valence-corrected chi connectivity index (χ4v) is 2.06. The van der Waals surface area contributed by atoms with Crippen molar-refractivity contribution in [1.82, 2.24) is 10.2 Å². The summed E-state index contributed by atoms with van der Waals surface area (Å²) in [5.74, 6) is 2.41. The fourth-order valence-electron chi connectivity index (χ4n) is 2.06. The lowest BCUT2D eigenvalue weighted by Gasteiger charge is -2.27. The van der Waals surface area contributed by atoms with Crippen molar-refractivity contribution in [3.63, 3.8) is 0 Å². The molecule has 0 fully saturated rings. The second-order valence-corrected chi connectivity index (χ2v) is 6.29. The van der Waals surface area contributed by atoms with E-state index in [9.17, 15) is 0 Å².